The Morgan fingerprint density at radius 1 is 0.743 bits per heavy atom. The Kier molecular flexibility index (Phi) is 6.29. The summed E-state index contributed by atoms with van der Waals surface area (Å²) in [5.41, 5.74) is 4.11. The van der Waals surface area contributed by atoms with Crippen LogP contribution >= 0.6 is 11.6 Å². The molecule has 1 aliphatic heterocycles. The van der Waals surface area contributed by atoms with Gasteiger partial charge in [0, 0.05) is 10.6 Å². The fourth-order valence-electron chi connectivity index (χ4n) is 4.08. The lowest BCUT2D eigenvalue weighted by Crippen LogP contribution is -2.41. The molecule has 35 heavy (non-hydrogen) atoms. The molecule has 0 aromatic heterocycles. The largest absolute Gasteiger partial charge is 0.266 e. The van der Waals surface area contributed by atoms with Crippen molar-refractivity contribution >= 4 is 33.2 Å². The van der Waals surface area contributed by atoms with Crippen LogP contribution in [-0.4, -0.2) is 18.6 Å². The summed E-state index contributed by atoms with van der Waals surface area (Å²) in [6, 6.07) is 32.7. The van der Waals surface area contributed by atoms with Crippen LogP contribution in [0.3, 0.4) is 0 Å². The number of aryl methyl sites for hydroxylation is 1. The van der Waals surface area contributed by atoms with Crippen molar-refractivity contribution in [2.75, 3.05) is 0 Å². The first-order valence-electron chi connectivity index (χ1n) is 11.2. The highest BCUT2D eigenvalue weighted by molar-refractivity contribution is 7.89. The van der Waals surface area contributed by atoms with Gasteiger partial charge < -0.3 is 0 Å². The smallest absolute Gasteiger partial charge is 0.238 e. The van der Waals surface area contributed by atoms with Gasteiger partial charge in [0.1, 0.15) is 0 Å². The van der Waals surface area contributed by atoms with Crippen LogP contribution in [0.4, 0.5) is 0 Å². The van der Waals surface area contributed by atoms with Crippen molar-refractivity contribution in [1.82, 2.24) is 4.31 Å². The first kappa shape index (κ1) is 23.1. The predicted octanol–water partition coefficient (Wildman–Crippen LogP) is 6.88. The third-order valence-electron chi connectivity index (χ3n) is 5.89. The molecule has 5 rings (SSSR count). The molecule has 1 unspecified atom stereocenters. The van der Waals surface area contributed by atoms with Crippen LogP contribution in [-0.2, 0) is 10.0 Å². The van der Waals surface area contributed by atoms with Crippen LogP contribution in [0.5, 0.6) is 0 Å². The highest BCUT2D eigenvalue weighted by Crippen LogP contribution is 2.38. The van der Waals surface area contributed by atoms with Gasteiger partial charge in [0.2, 0.25) is 0 Å². The number of sulfonamides is 1. The molecule has 0 saturated heterocycles. The maximum atomic E-state index is 14.2. The maximum Gasteiger partial charge on any atom is 0.266 e. The second-order valence-corrected chi connectivity index (χ2v) is 10.6. The number of benzene rings is 4. The van der Waals surface area contributed by atoms with E-state index in [0.717, 1.165) is 16.7 Å². The average molecular weight is 499 g/mol. The predicted molar refractivity (Wildman–Crippen MR) is 142 cm³/mol. The Morgan fingerprint density at radius 2 is 1.31 bits per heavy atom. The quantitative estimate of drug-likeness (QED) is 0.301. The molecule has 174 valence electrons. The lowest BCUT2D eigenvalue weighted by molar-refractivity contribution is 0.483. The fourth-order valence-corrected chi connectivity index (χ4v) is 5.77. The van der Waals surface area contributed by atoms with Gasteiger partial charge in [-0.15, -0.1) is 0 Å². The number of halogens is 1. The zero-order valence-electron chi connectivity index (χ0n) is 19.0. The van der Waals surface area contributed by atoms with Crippen molar-refractivity contribution in [3.63, 3.8) is 0 Å². The monoisotopic (exact) mass is 498 g/mol. The molecule has 0 radical (unpaired) electrons. The summed E-state index contributed by atoms with van der Waals surface area (Å²) in [4.78, 5) is 5.12. The summed E-state index contributed by atoms with van der Waals surface area (Å²) >= 11 is 6.17. The molecule has 1 atom stereocenters. The standard InChI is InChI=1S/C29H23ClN2O2S/c1-21-12-18-26(19-13-21)35(33,34)32-28(23-14-16-25(30)17-15-23)20-27(22-8-4-2-5-9-22)31-29(32)24-10-6-3-7-11-24/h2-20,28H,1H3. The summed E-state index contributed by atoms with van der Waals surface area (Å²) < 4.78 is 29.8. The summed E-state index contributed by atoms with van der Waals surface area (Å²) in [5, 5.41) is 0.585. The minimum atomic E-state index is -3.96. The first-order valence-corrected chi connectivity index (χ1v) is 13.0. The molecule has 0 spiro atoms. The Bertz CT molecular complexity index is 1500. The zero-order chi connectivity index (χ0) is 24.4. The number of hydrogen-bond donors (Lipinski definition) is 0. The van der Waals surface area contributed by atoms with Gasteiger partial charge in [0.05, 0.1) is 16.6 Å². The van der Waals surface area contributed by atoms with E-state index in [9.17, 15) is 8.42 Å². The number of nitrogens with zero attached hydrogens (tertiary/aromatic N) is 2. The molecular formula is C29H23ClN2O2S. The van der Waals surface area contributed by atoms with E-state index in [-0.39, 0.29) is 4.90 Å². The second kappa shape index (κ2) is 9.53. The van der Waals surface area contributed by atoms with Crippen LogP contribution in [0.1, 0.15) is 28.3 Å². The van der Waals surface area contributed by atoms with E-state index in [1.165, 1.54) is 4.31 Å². The van der Waals surface area contributed by atoms with Gasteiger partial charge in [-0.25, -0.2) is 17.7 Å². The molecule has 1 heterocycles. The molecule has 1 aliphatic rings. The van der Waals surface area contributed by atoms with Gasteiger partial charge in [-0.2, -0.15) is 0 Å². The van der Waals surface area contributed by atoms with E-state index in [0.29, 0.717) is 22.1 Å². The Morgan fingerprint density at radius 3 is 1.91 bits per heavy atom. The highest BCUT2D eigenvalue weighted by atomic mass is 35.5. The topological polar surface area (TPSA) is 49.7 Å². The third kappa shape index (κ3) is 4.65. The van der Waals surface area contributed by atoms with Crippen molar-refractivity contribution in [3.05, 3.63) is 143 Å². The first-order chi connectivity index (χ1) is 16.9. The Labute approximate surface area is 210 Å². The molecule has 0 aliphatic carbocycles. The van der Waals surface area contributed by atoms with E-state index in [4.69, 9.17) is 16.6 Å². The van der Waals surface area contributed by atoms with Crippen molar-refractivity contribution in [3.8, 4) is 0 Å². The molecule has 0 amide bonds. The van der Waals surface area contributed by atoms with Crippen LogP contribution in [0.25, 0.3) is 5.70 Å². The normalized spacial score (nSPS) is 15.9. The molecule has 4 nitrogen and oxygen atoms in total. The summed E-state index contributed by atoms with van der Waals surface area (Å²) in [5.74, 6) is 0.368. The number of hydrogen-bond acceptors (Lipinski definition) is 3. The Hall–Kier alpha value is -3.67. The minimum absolute atomic E-state index is 0.210. The average Bonchev–Trinajstić information content (AvgIpc) is 2.89. The molecule has 6 heteroatoms. The number of amidine groups is 1. The van der Waals surface area contributed by atoms with E-state index in [1.54, 1.807) is 36.4 Å². The molecule has 4 aromatic rings. The lowest BCUT2D eigenvalue weighted by Gasteiger charge is -2.35. The number of rotatable bonds is 5. The van der Waals surface area contributed by atoms with Gasteiger partial charge in [-0.05, 0) is 48.4 Å². The molecule has 0 saturated carbocycles. The molecule has 4 aromatic carbocycles. The molecular weight excluding hydrogens is 476 g/mol. The van der Waals surface area contributed by atoms with Crippen molar-refractivity contribution in [2.24, 2.45) is 4.99 Å². The second-order valence-electron chi connectivity index (χ2n) is 8.33. The minimum Gasteiger partial charge on any atom is -0.238 e. The van der Waals surface area contributed by atoms with Gasteiger partial charge in [-0.1, -0.05) is 102 Å². The van der Waals surface area contributed by atoms with E-state index < -0.39 is 16.1 Å². The summed E-state index contributed by atoms with van der Waals surface area (Å²) in [6.45, 7) is 1.93. The SMILES string of the molecule is Cc1ccc(S(=O)(=O)N2C(c3ccccc3)=NC(c3ccccc3)=CC2c2ccc(Cl)cc2)cc1. The number of aliphatic imine (C=N–C) groups is 1. The maximum absolute atomic E-state index is 14.2. The van der Waals surface area contributed by atoms with Gasteiger partial charge in [0.25, 0.3) is 10.0 Å². The highest BCUT2D eigenvalue weighted by Gasteiger charge is 2.37. The van der Waals surface area contributed by atoms with E-state index >= 15 is 0 Å². The van der Waals surface area contributed by atoms with Crippen molar-refractivity contribution in [1.29, 1.82) is 0 Å². The van der Waals surface area contributed by atoms with Gasteiger partial charge in [-0.3, -0.25) is 0 Å². The van der Waals surface area contributed by atoms with Gasteiger partial charge >= 0.3 is 0 Å². The van der Waals surface area contributed by atoms with Crippen molar-refractivity contribution < 1.29 is 8.42 Å². The third-order valence-corrected chi connectivity index (χ3v) is 7.93. The van der Waals surface area contributed by atoms with Crippen LogP contribution < -0.4 is 0 Å². The van der Waals surface area contributed by atoms with E-state index in [1.807, 2.05) is 85.8 Å². The molecule has 0 N–H and O–H groups in total. The van der Waals surface area contributed by atoms with Crippen molar-refractivity contribution in [2.45, 2.75) is 17.9 Å². The molecule has 0 fully saturated rings. The Balaban J connectivity index is 1.76. The van der Waals surface area contributed by atoms with Gasteiger partial charge in [0.15, 0.2) is 5.84 Å². The van der Waals surface area contributed by atoms with E-state index in [2.05, 4.69) is 0 Å². The summed E-state index contributed by atoms with van der Waals surface area (Å²) in [6.07, 6.45) is 1.90. The summed E-state index contributed by atoms with van der Waals surface area (Å²) in [7, 11) is -3.96. The van der Waals surface area contributed by atoms with Crippen LogP contribution in [0.15, 0.2) is 125 Å². The fraction of sp³-hybridized carbons (Fsp3) is 0.0690. The molecule has 0 bridgehead atoms. The van der Waals surface area contributed by atoms with Crippen LogP contribution in [0, 0.1) is 6.92 Å². The zero-order valence-corrected chi connectivity index (χ0v) is 20.6. The van der Waals surface area contributed by atoms with Crippen LogP contribution in [0.2, 0.25) is 5.02 Å². The lowest BCUT2D eigenvalue weighted by atomic mass is 10.0.